The van der Waals surface area contributed by atoms with Gasteiger partial charge in [-0.3, -0.25) is 9.98 Å². The van der Waals surface area contributed by atoms with E-state index in [9.17, 15) is 0 Å². The topological polar surface area (TPSA) is 28.5 Å². The van der Waals surface area contributed by atoms with Crippen LogP contribution in [-0.4, -0.2) is 28.8 Å². The van der Waals surface area contributed by atoms with Gasteiger partial charge in [0.25, 0.3) is 0 Å². The highest BCUT2D eigenvalue weighted by Gasteiger charge is 2.11. The quantitative estimate of drug-likeness (QED) is 0.678. The van der Waals surface area contributed by atoms with E-state index in [0.717, 1.165) is 13.1 Å². The molecule has 0 radical (unpaired) electrons. The summed E-state index contributed by atoms with van der Waals surface area (Å²) < 4.78 is 0. The van der Waals surface area contributed by atoms with Crippen molar-refractivity contribution in [1.29, 1.82) is 0 Å². The van der Waals surface area contributed by atoms with Crippen molar-refractivity contribution in [2.24, 2.45) is 4.99 Å². The molecule has 1 atom stereocenters. The summed E-state index contributed by atoms with van der Waals surface area (Å²) in [7, 11) is 0. The van der Waals surface area contributed by atoms with Gasteiger partial charge in [0.15, 0.2) is 0 Å². The molecule has 0 bridgehead atoms. The van der Waals surface area contributed by atoms with Crippen LogP contribution < -0.4 is 0 Å². The van der Waals surface area contributed by atoms with Crippen LogP contribution in [0.3, 0.4) is 0 Å². The molecule has 1 aliphatic heterocycles. The minimum absolute atomic E-state index is 0.446. The van der Waals surface area contributed by atoms with Crippen LogP contribution in [0.1, 0.15) is 12.5 Å². The molecule has 1 unspecified atom stereocenters. The van der Waals surface area contributed by atoms with E-state index < -0.39 is 0 Å². The van der Waals surface area contributed by atoms with Gasteiger partial charge in [-0.1, -0.05) is 0 Å². The first kappa shape index (κ1) is 8.23. The number of hydrogen-bond acceptors (Lipinski definition) is 3. The SMILES string of the molecule is CC1CN(Cc2ccncc2)C=N1. The molecular weight excluding hydrogens is 162 g/mol. The van der Waals surface area contributed by atoms with Gasteiger partial charge < -0.3 is 4.90 Å². The average Bonchev–Trinajstić information content (AvgIpc) is 2.53. The maximum atomic E-state index is 4.30. The lowest BCUT2D eigenvalue weighted by atomic mass is 10.2. The summed E-state index contributed by atoms with van der Waals surface area (Å²) in [6.07, 6.45) is 5.59. The van der Waals surface area contributed by atoms with Gasteiger partial charge in [-0.15, -0.1) is 0 Å². The van der Waals surface area contributed by atoms with Gasteiger partial charge in [0, 0.05) is 25.5 Å². The zero-order valence-corrected chi connectivity index (χ0v) is 7.72. The van der Waals surface area contributed by atoms with Crippen molar-refractivity contribution in [1.82, 2.24) is 9.88 Å². The summed E-state index contributed by atoms with van der Waals surface area (Å²) >= 11 is 0. The Morgan fingerprint density at radius 2 is 2.23 bits per heavy atom. The first-order valence-electron chi connectivity index (χ1n) is 4.51. The highest BCUT2D eigenvalue weighted by atomic mass is 15.2. The van der Waals surface area contributed by atoms with Crippen molar-refractivity contribution in [3.05, 3.63) is 30.1 Å². The fourth-order valence-electron chi connectivity index (χ4n) is 1.47. The fraction of sp³-hybridized carbons (Fsp3) is 0.400. The molecule has 0 saturated carbocycles. The Bertz CT molecular complexity index is 294. The smallest absolute Gasteiger partial charge is 0.0857 e. The Morgan fingerprint density at radius 3 is 2.85 bits per heavy atom. The van der Waals surface area contributed by atoms with Crippen LogP contribution in [0.4, 0.5) is 0 Å². The first-order valence-corrected chi connectivity index (χ1v) is 4.51. The van der Waals surface area contributed by atoms with Gasteiger partial charge >= 0.3 is 0 Å². The molecule has 0 aromatic carbocycles. The van der Waals surface area contributed by atoms with Gasteiger partial charge in [0.1, 0.15) is 0 Å². The molecule has 0 aliphatic carbocycles. The number of aliphatic imine (C=N–C) groups is 1. The second kappa shape index (κ2) is 3.56. The molecule has 0 N–H and O–H groups in total. The van der Waals surface area contributed by atoms with Crippen molar-refractivity contribution in [2.45, 2.75) is 19.5 Å². The Morgan fingerprint density at radius 1 is 1.46 bits per heavy atom. The van der Waals surface area contributed by atoms with Gasteiger partial charge in [-0.25, -0.2) is 0 Å². The zero-order chi connectivity index (χ0) is 9.10. The lowest BCUT2D eigenvalue weighted by molar-refractivity contribution is 0.434. The average molecular weight is 175 g/mol. The minimum atomic E-state index is 0.446. The van der Waals surface area contributed by atoms with Crippen LogP contribution in [-0.2, 0) is 6.54 Å². The van der Waals surface area contributed by atoms with Crippen molar-refractivity contribution in [2.75, 3.05) is 6.54 Å². The Labute approximate surface area is 78.1 Å². The molecule has 0 fully saturated rings. The van der Waals surface area contributed by atoms with Gasteiger partial charge in [-0.05, 0) is 24.6 Å². The standard InChI is InChI=1S/C10H13N3/c1-9-6-13(8-12-9)7-10-2-4-11-5-3-10/h2-5,8-9H,6-7H2,1H3. The minimum Gasteiger partial charge on any atom is -0.356 e. The van der Waals surface area contributed by atoms with Gasteiger partial charge in [0.05, 0.1) is 12.4 Å². The number of nitrogens with zero attached hydrogens (tertiary/aromatic N) is 3. The molecule has 2 rings (SSSR count). The molecule has 3 heteroatoms. The lowest BCUT2D eigenvalue weighted by Gasteiger charge is -2.14. The Hall–Kier alpha value is -1.38. The summed E-state index contributed by atoms with van der Waals surface area (Å²) in [5, 5.41) is 0. The largest absolute Gasteiger partial charge is 0.356 e. The zero-order valence-electron chi connectivity index (χ0n) is 7.72. The third-order valence-electron chi connectivity index (χ3n) is 2.12. The first-order chi connectivity index (χ1) is 6.34. The lowest BCUT2D eigenvalue weighted by Crippen LogP contribution is -2.21. The van der Waals surface area contributed by atoms with E-state index in [1.807, 2.05) is 30.9 Å². The molecule has 1 aromatic rings. The van der Waals surface area contributed by atoms with Crippen LogP contribution in [0.5, 0.6) is 0 Å². The van der Waals surface area contributed by atoms with Crippen LogP contribution in [0, 0.1) is 0 Å². The molecule has 0 saturated heterocycles. The van der Waals surface area contributed by atoms with Crippen LogP contribution in [0.25, 0.3) is 0 Å². The predicted octanol–water partition coefficient (Wildman–Crippen LogP) is 1.31. The summed E-state index contributed by atoms with van der Waals surface area (Å²) in [6, 6.07) is 4.52. The second-order valence-electron chi connectivity index (χ2n) is 3.40. The van der Waals surface area contributed by atoms with Crippen molar-refractivity contribution in [3.8, 4) is 0 Å². The molecule has 0 spiro atoms. The Balaban J connectivity index is 1.96. The Kier molecular flexibility index (Phi) is 2.25. The van der Waals surface area contributed by atoms with Crippen molar-refractivity contribution < 1.29 is 0 Å². The molecular formula is C10H13N3. The maximum Gasteiger partial charge on any atom is 0.0857 e. The van der Waals surface area contributed by atoms with Crippen LogP contribution in [0.2, 0.25) is 0 Å². The number of hydrogen-bond donors (Lipinski definition) is 0. The summed E-state index contributed by atoms with van der Waals surface area (Å²) in [6.45, 7) is 4.10. The van der Waals surface area contributed by atoms with E-state index in [4.69, 9.17) is 0 Å². The molecule has 68 valence electrons. The van der Waals surface area contributed by atoms with Crippen LogP contribution in [0.15, 0.2) is 29.5 Å². The van der Waals surface area contributed by atoms with E-state index >= 15 is 0 Å². The van der Waals surface area contributed by atoms with E-state index in [0.29, 0.717) is 6.04 Å². The molecule has 13 heavy (non-hydrogen) atoms. The predicted molar refractivity (Wildman–Crippen MR) is 52.6 cm³/mol. The highest BCUT2D eigenvalue weighted by molar-refractivity contribution is 5.57. The van der Waals surface area contributed by atoms with Crippen LogP contribution >= 0.6 is 0 Å². The van der Waals surface area contributed by atoms with E-state index in [-0.39, 0.29) is 0 Å². The van der Waals surface area contributed by atoms with Gasteiger partial charge in [0.2, 0.25) is 0 Å². The maximum absolute atomic E-state index is 4.30. The molecule has 0 amide bonds. The third-order valence-corrected chi connectivity index (χ3v) is 2.12. The summed E-state index contributed by atoms with van der Waals surface area (Å²) in [5.74, 6) is 0. The summed E-state index contributed by atoms with van der Waals surface area (Å²) in [5.41, 5.74) is 1.29. The van der Waals surface area contributed by atoms with E-state index in [2.05, 4.69) is 21.8 Å². The number of pyridine rings is 1. The number of aromatic nitrogens is 1. The molecule has 2 heterocycles. The normalized spacial score (nSPS) is 21.0. The molecule has 3 nitrogen and oxygen atoms in total. The van der Waals surface area contributed by atoms with Crippen molar-refractivity contribution >= 4 is 6.34 Å². The second-order valence-corrected chi connectivity index (χ2v) is 3.40. The number of rotatable bonds is 2. The molecule has 1 aromatic heterocycles. The van der Waals surface area contributed by atoms with Crippen molar-refractivity contribution in [3.63, 3.8) is 0 Å². The molecule has 1 aliphatic rings. The monoisotopic (exact) mass is 175 g/mol. The highest BCUT2D eigenvalue weighted by Crippen LogP contribution is 2.07. The van der Waals surface area contributed by atoms with E-state index in [1.54, 1.807) is 0 Å². The van der Waals surface area contributed by atoms with Gasteiger partial charge in [-0.2, -0.15) is 0 Å². The third kappa shape index (κ3) is 2.05. The fourth-order valence-corrected chi connectivity index (χ4v) is 1.47. The van der Waals surface area contributed by atoms with E-state index in [1.165, 1.54) is 5.56 Å². The summed E-state index contributed by atoms with van der Waals surface area (Å²) in [4.78, 5) is 10.5.